The Morgan fingerprint density at radius 2 is 2.35 bits per heavy atom. The first-order chi connectivity index (χ1) is 9.63. The van der Waals surface area contributed by atoms with Crippen molar-refractivity contribution in [3.05, 3.63) is 10.9 Å². The van der Waals surface area contributed by atoms with Crippen LogP contribution in [0.3, 0.4) is 0 Å². The van der Waals surface area contributed by atoms with Crippen molar-refractivity contribution in [3.8, 4) is 0 Å². The lowest BCUT2D eigenvalue weighted by molar-refractivity contribution is -0.0425. The van der Waals surface area contributed by atoms with Crippen LogP contribution in [0, 0.1) is 0 Å². The van der Waals surface area contributed by atoms with E-state index in [-0.39, 0.29) is 6.61 Å². The second-order valence-electron chi connectivity index (χ2n) is 4.52. The van der Waals surface area contributed by atoms with Crippen molar-refractivity contribution in [1.29, 1.82) is 0 Å². The number of nitrogens with one attached hydrogen (secondary N) is 1. The standard InChI is InChI=1S/C11H14BrN5O3/c1-13-11-15-5-3-14-10(12)16-9(5)17(11)8-2-6(19)7(4-18)20-8/h3,6-8,18-19H,2,4H2,1H3,(H,13,15)/t6-,7+,8-/m1/s1. The lowest BCUT2D eigenvalue weighted by atomic mass is 10.2. The van der Waals surface area contributed by atoms with Crippen LogP contribution in [0.2, 0.25) is 0 Å². The topological polar surface area (TPSA) is 105 Å². The number of imidazole rings is 1. The zero-order valence-corrected chi connectivity index (χ0v) is 12.3. The van der Waals surface area contributed by atoms with E-state index < -0.39 is 18.4 Å². The lowest BCUT2D eigenvalue weighted by Gasteiger charge is -2.16. The molecule has 8 nitrogen and oxygen atoms in total. The fraction of sp³-hybridized carbons (Fsp3) is 0.545. The van der Waals surface area contributed by atoms with Gasteiger partial charge in [-0.05, 0) is 15.9 Å². The SMILES string of the molecule is CNc1nc2cnc(Br)nc2n1[C@H]1C[C@@H](O)[C@H](CO)O1. The minimum atomic E-state index is -0.711. The van der Waals surface area contributed by atoms with Crippen LogP contribution in [-0.2, 0) is 4.74 Å². The molecule has 0 unspecified atom stereocenters. The number of hydrogen-bond acceptors (Lipinski definition) is 7. The summed E-state index contributed by atoms with van der Waals surface area (Å²) in [6, 6.07) is 0. The average Bonchev–Trinajstić information content (AvgIpc) is 2.98. The molecule has 0 spiro atoms. The molecular weight excluding hydrogens is 330 g/mol. The van der Waals surface area contributed by atoms with Crippen molar-refractivity contribution < 1.29 is 14.9 Å². The highest BCUT2D eigenvalue weighted by molar-refractivity contribution is 9.10. The van der Waals surface area contributed by atoms with E-state index in [2.05, 4.69) is 36.2 Å². The van der Waals surface area contributed by atoms with Gasteiger partial charge in [-0.2, -0.15) is 0 Å². The maximum absolute atomic E-state index is 9.87. The quantitative estimate of drug-likeness (QED) is 0.687. The number of hydrogen-bond donors (Lipinski definition) is 3. The summed E-state index contributed by atoms with van der Waals surface area (Å²) in [6.07, 6.45) is 0.243. The highest BCUT2D eigenvalue weighted by Gasteiger charge is 2.36. The van der Waals surface area contributed by atoms with Gasteiger partial charge in [0.1, 0.15) is 17.8 Å². The molecule has 1 fully saturated rings. The van der Waals surface area contributed by atoms with Crippen LogP contribution >= 0.6 is 15.9 Å². The summed E-state index contributed by atoms with van der Waals surface area (Å²) < 4.78 is 7.88. The van der Waals surface area contributed by atoms with Crippen LogP contribution in [0.5, 0.6) is 0 Å². The van der Waals surface area contributed by atoms with Crippen molar-refractivity contribution in [2.24, 2.45) is 0 Å². The van der Waals surface area contributed by atoms with Gasteiger partial charge in [0.25, 0.3) is 0 Å². The largest absolute Gasteiger partial charge is 0.394 e. The molecule has 0 amide bonds. The summed E-state index contributed by atoms with van der Waals surface area (Å²) in [5, 5.41) is 22.0. The molecule has 0 bridgehead atoms. The third kappa shape index (κ3) is 2.16. The second kappa shape index (κ2) is 5.24. The average molecular weight is 344 g/mol. The predicted molar refractivity (Wildman–Crippen MR) is 74.2 cm³/mol. The Morgan fingerprint density at radius 3 is 3.00 bits per heavy atom. The van der Waals surface area contributed by atoms with Crippen LogP contribution in [-0.4, -0.2) is 55.6 Å². The van der Waals surface area contributed by atoms with E-state index in [4.69, 9.17) is 4.74 Å². The Bertz CT molecular complexity index is 634. The first-order valence-corrected chi connectivity index (χ1v) is 6.96. The van der Waals surface area contributed by atoms with Gasteiger partial charge >= 0.3 is 0 Å². The zero-order chi connectivity index (χ0) is 14.3. The number of nitrogens with zero attached hydrogens (tertiary/aromatic N) is 4. The van der Waals surface area contributed by atoms with E-state index in [1.807, 2.05) is 0 Å². The smallest absolute Gasteiger partial charge is 0.207 e. The summed E-state index contributed by atoms with van der Waals surface area (Å²) in [5.74, 6) is 0.572. The molecule has 3 heterocycles. The Kier molecular flexibility index (Phi) is 3.59. The molecule has 108 valence electrons. The molecule has 20 heavy (non-hydrogen) atoms. The van der Waals surface area contributed by atoms with Gasteiger partial charge in [-0.25, -0.2) is 15.0 Å². The van der Waals surface area contributed by atoms with Gasteiger partial charge in [0, 0.05) is 13.5 Å². The van der Waals surface area contributed by atoms with Gasteiger partial charge in [0.15, 0.2) is 10.4 Å². The van der Waals surface area contributed by atoms with E-state index in [9.17, 15) is 10.2 Å². The van der Waals surface area contributed by atoms with Crippen molar-refractivity contribution in [1.82, 2.24) is 19.5 Å². The highest BCUT2D eigenvalue weighted by Crippen LogP contribution is 2.33. The van der Waals surface area contributed by atoms with Crippen molar-refractivity contribution in [2.45, 2.75) is 24.9 Å². The molecule has 3 rings (SSSR count). The molecule has 1 aliphatic heterocycles. The summed E-state index contributed by atoms with van der Waals surface area (Å²) in [7, 11) is 1.75. The van der Waals surface area contributed by atoms with Crippen LogP contribution in [0.4, 0.5) is 5.95 Å². The third-order valence-electron chi connectivity index (χ3n) is 3.30. The zero-order valence-electron chi connectivity index (χ0n) is 10.7. The van der Waals surface area contributed by atoms with E-state index in [0.717, 1.165) is 0 Å². The second-order valence-corrected chi connectivity index (χ2v) is 5.23. The first kappa shape index (κ1) is 13.7. The molecule has 0 radical (unpaired) electrons. The van der Waals surface area contributed by atoms with Crippen LogP contribution in [0.15, 0.2) is 10.9 Å². The van der Waals surface area contributed by atoms with E-state index in [1.54, 1.807) is 17.8 Å². The third-order valence-corrected chi connectivity index (χ3v) is 3.68. The van der Waals surface area contributed by atoms with Crippen molar-refractivity contribution >= 4 is 33.0 Å². The minimum Gasteiger partial charge on any atom is -0.394 e. The summed E-state index contributed by atoms with van der Waals surface area (Å²) in [5.41, 5.74) is 1.23. The number of aliphatic hydroxyl groups excluding tert-OH is 2. The maximum Gasteiger partial charge on any atom is 0.207 e. The molecule has 3 N–H and O–H groups in total. The summed E-state index contributed by atoms with van der Waals surface area (Å²) >= 11 is 3.23. The fourth-order valence-electron chi connectivity index (χ4n) is 2.36. The van der Waals surface area contributed by atoms with Gasteiger partial charge in [-0.15, -0.1) is 0 Å². The first-order valence-electron chi connectivity index (χ1n) is 6.16. The summed E-state index contributed by atoms with van der Waals surface area (Å²) in [6.45, 7) is -0.224. The Morgan fingerprint density at radius 1 is 1.55 bits per heavy atom. The van der Waals surface area contributed by atoms with Crippen LogP contribution in [0.1, 0.15) is 12.6 Å². The number of aromatic nitrogens is 4. The molecule has 0 aliphatic carbocycles. The van der Waals surface area contributed by atoms with Crippen LogP contribution in [0.25, 0.3) is 11.2 Å². The maximum atomic E-state index is 9.87. The predicted octanol–water partition coefficient (Wildman–Crippen LogP) is 0.271. The van der Waals surface area contributed by atoms with Crippen molar-refractivity contribution in [3.63, 3.8) is 0 Å². The molecule has 1 aliphatic rings. The monoisotopic (exact) mass is 343 g/mol. The lowest BCUT2D eigenvalue weighted by Crippen LogP contribution is -2.24. The molecule has 1 saturated heterocycles. The number of halogens is 1. The van der Waals surface area contributed by atoms with Gasteiger partial charge in [-0.1, -0.05) is 0 Å². The molecule has 2 aromatic heterocycles. The molecule has 9 heteroatoms. The highest BCUT2D eigenvalue weighted by atomic mass is 79.9. The van der Waals surface area contributed by atoms with Gasteiger partial charge < -0.3 is 20.3 Å². The normalized spacial score (nSPS) is 26.3. The Hall–Kier alpha value is -1.29. The Labute approximate surface area is 122 Å². The Balaban J connectivity index is 2.08. The molecule has 2 aromatic rings. The molecule has 0 aromatic carbocycles. The van der Waals surface area contributed by atoms with E-state index in [0.29, 0.717) is 28.3 Å². The van der Waals surface area contributed by atoms with E-state index >= 15 is 0 Å². The van der Waals surface area contributed by atoms with E-state index in [1.165, 1.54) is 0 Å². The number of rotatable bonds is 3. The molecule has 0 saturated carbocycles. The van der Waals surface area contributed by atoms with Gasteiger partial charge in [0.2, 0.25) is 5.95 Å². The minimum absolute atomic E-state index is 0.224. The van der Waals surface area contributed by atoms with Crippen molar-refractivity contribution in [2.75, 3.05) is 19.0 Å². The number of ether oxygens (including phenoxy) is 1. The van der Waals surface area contributed by atoms with Crippen LogP contribution < -0.4 is 5.32 Å². The van der Waals surface area contributed by atoms with Gasteiger partial charge in [-0.3, -0.25) is 4.57 Å². The molecular formula is C11H14BrN5O3. The van der Waals surface area contributed by atoms with Gasteiger partial charge in [0.05, 0.1) is 18.9 Å². The molecule has 3 atom stereocenters. The number of fused-ring (bicyclic) bond motifs is 1. The number of aliphatic hydroxyl groups is 2. The fourth-order valence-corrected chi connectivity index (χ4v) is 2.63. The summed E-state index contributed by atoms with van der Waals surface area (Å²) in [4.78, 5) is 12.7. The number of anilines is 1.